The summed E-state index contributed by atoms with van der Waals surface area (Å²) in [5.74, 6) is -0.622. The highest BCUT2D eigenvalue weighted by molar-refractivity contribution is 5.94. The van der Waals surface area contributed by atoms with E-state index in [9.17, 15) is 14.7 Å². The van der Waals surface area contributed by atoms with Gasteiger partial charge >= 0.3 is 5.97 Å². The molecule has 1 aromatic carbocycles. The zero-order chi connectivity index (χ0) is 14.4. The summed E-state index contributed by atoms with van der Waals surface area (Å²) >= 11 is 0. The van der Waals surface area contributed by atoms with Crippen LogP contribution in [0.3, 0.4) is 0 Å². The van der Waals surface area contributed by atoms with Gasteiger partial charge in [-0.25, -0.2) is 4.79 Å². The molecule has 0 bridgehead atoms. The van der Waals surface area contributed by atoms with Crippen molar-refractivity contribution in [2.75, 3.05) is 7.11 Å². The van der Waals surface area contributed by atoms with Crippen LogP contribution in [0.2, 0.25) is 0 Å². The van der Waals surface area contributed by atoms with Gasteiger partial charge in [0, 0.05) is 11.7 Å². The number of fused-ring (bicyclic) bond motifs is 1. The molecule has 5 heteroatoms. The van der Waals surface area contributed by atoms with Gasteiger partial charge in [0.05, 0.1) is 18.0 Å². The first-order chi connectivity index (χ1) is 9.54. The highest BCUT2D eigenvalue weighted by atomic mass is 16.5. The second-order valence-electron chi connectivity index (χ2n) is 5.08. The quantitative estimate of drug-likeness (QED) is 0.932. The molecule has 104 valence electrons. The van der Waals surface area contributed by atoms with Crippen molar-refractivity contribution in [2.24, 2.45) is 0 Å². The van der Waals surface area contributed by atoms with Gasteiger partial charge < -0.3 is 14.4 Å². The van der Waals surface area contributed by atoms with Crippen LogP contribution in [0.4, 0.5) is 0 Å². The molecule has 1 aromatic heterocycles. The highest BCUT2D eigenvalue weighted by Crippen LogP contribution is 2.38. The molecule has 1 aliphatic carbocycles. The molecule has 1 aliphatic rings. The lowest BCUT2D eigenvalue weighted by molar-refractivity contribution is 0.0694. The standard InChI is InChI=1S/C15H15NO4/c1-8-13(15(18)19)14(17)11-7-10(20-2)5-6-12(11)16(8)9-3-4-9/h5-7,9H,3-4H2,1-2H3,(H,18,19). The average Bonchev–Trinajstić information content (AvgIpc) is 3.23. The number of aromatic carboxylic acids is 1. The van der Waals surface area contributed by atoms with Gasteiger partial charge in [-0.1, -0.05) is 0 Å². The number of methoxy groups -OCH3 is 1. The van der Waals surface area contributed by atoms with Gasteiger partial charge in [-0.05, 0) is 38.0 Å². The van der Waals surface area contributed by atoms with E-state index in [1.807, 2.05) is 10.6 Å². The van der Waals surface area contributed by atoms with Crippen molar-refractivity contribution >= 4 is 16.9 Å². The minimum absolute atomic E-state index is 0.141. The molecule has 20 heavy (non-hydrogen) atoms. The van der Waals surface area contributed by atoms with E-state index in [4.69, 9.17) is 4.74 Å². The number of carboxylic acid groups (broad SMARTS) is 1. The molecule has 1 N–H and O–H groups in total. The third kappa shape index (κ3) is 1.78. The molecule has 0 unspecified atom stereocenters. The van der Waals surface area contributed by atoms with Crippen molar-refractivity contribution in [3.05, 3.63) is 39.7 Å². The van der Waals surface area contributed by atoms with Crippen LogP contribution in [0.1, 0.15) is 34.9 Å². The molecular weight excluding hydrogens is 258 g/mol. The lowest BCUT2D eigenvalue weighted by Crippen LogP contribution is -2.22. The smallest absolute Gasteiger partial charge is 0.341 e. The maximum atomic E-state index is 12.4. The van der Waals surface area contributed by atoms with Crippen molar-refractivity contribution < 1.29 is 14.6 Å². The van der Waals surface area contributed by atoms with E-state index in [2.05, 4.69) is 0 Å². The third-order valence-electron chi connectivity index (χ3n) is 3.78. The molecular formula is C15H15NO4. The van der Waals surface area contributed by atoms with Crippen LogP contribution in [-0.2, 0) is 0 Å². The van der Waals surface area contributed by atoms with Crippen molar-refractivity contribution in [2.45, 2.75) is 25.8 Å². The van der Waals surface area contributed by atoms with Gasteiger partial charge in [0.25, 0.3) is 0 Å². The van der Waals surface area contributed by atoms with Crippen molar-refractivity contribution in [1.82, 2.24) is 4.57 Å². The number of hydrogen-bond donors (Lipinski definition) is 1. The summed E-state index contributed by atoms with van der Waals surface area (Å²) in [7, 11) is 1.52. The van der Waals surface area contributed by atoms with Crippen molar-refractivity contribution in [3.8, 4) is 5.75 Å². The monoisotopic (exact) mass is 273 g/mol. The Labute approximate surface area is 115 Å². The van der Waals surface area contributed by atoms with Gasteiger partial charge in [0.2, 0.25) is 5.43 Å². The molecule has 5 nitrogen and oxygen atoms in total. The van der Waals surface area contributed by atoms with Crippen LogP contribution in [0.5, 0.6) is 5.75 Å². The van der Waals surface area contributed by atoms with E-state index >= 15 is 0 Å². The highest BCUT2D eigenvalue weighted by Gasteiger charge is 2.29. The van der Waals surface area contributed by atoms with Crippen LogP contribution in [0.15, 0.2) is 23.0 Å². The number of nitrogens with zero attached hydrogens (tertiary/aromatic N) is 1. The van der Waals surface area contributed by atoms with Gasteiger partial charge in [-0.2, -0.15) is 0 Å². The summed E-state index contributed by atoms with van der Waals surface area (Å²) in [5.41, 5.74) is 0.724. The fourth-order valence-electron chi connectivity index (χ4n) is 2.69. The van der Waals surface area contributed by atoms with E-state index in [0.29, 0.717) is 22.9 Å². The van der Waals surface area contributed by atoms with Crippen LogP contribution < -0.4 is 10.2 Å². The number of aromatic nitrogens is 1. The number of hydrogen-bond acceptors (Lipinski definition) is 3. The summed E-state index contributed by atoms with van der Waals surface area (Å²) in [6.45, 7) is 1.70. The Balaban J connectivity index is 2.46. The molecule has 1 fully saturated rings. The van der Waals surface area contributed by atoms with Crippen LogP contribution in [0.25, 0.3) is 10.9 Å². The van der Waals surface area contributed by atoms with Crippen LogP contribution >= 0.6 is 0 Å². The minimum Gasteiger partial charge on any atom is -0.497 e. The zero-order valence-electron chi connectivity index (χ0n) is 11.3. The second kappa shape index (κ2) is 4.37. The molecule has 1 heterocycles. The van der Waals surface area contributed by atoms with E-state index in [1.165, 1.54) is 7.11 Å². The van der Waals surface area contributed by atoms with Crippen molar-refractivity contribution in [1.29, 1.82) is 0 Å². The Kier molecular flexibility index (Phi) is 2.78. The minimum atomic E-state index is -1.17. The number of carboxylic acids is 1. The van der Waals surface area contributed by atoms with Crippen LogP contribution in [0, 0.1) is 6.92 Å². The number of benzene rings is 1. The summed E-state index contributed by atoms with van der Waals surface area (Å²) in [4.78, 5) is 23.8. The first kappa shape index (κ1) is 12.7. The van der Waals surface area contributed by atoms with Gasteiger partial charge in [0.15, 0.2) is 0 Å². The lowest BCUT2D eigenvalue weighted by Gasteiger charge is -2.16. The van der Waals surface area contributed by atoms with E-state index in [1.54, 1.807) is 19.1 Å². The number of pyridine rings is 1. The SMILES string of the molecule is COc1ccc2c(c1)c(=O)c(C(=O)O)c(C)n2C1CC1. The Morgan fingerprint density at radius 1 is 1.40 bits per heavy atom. The molecule has 0 amide bonds. The lowest BCUT2D eigenvalue weighted by atomic mass is 10.1. The maximum absolute atomic E-state index is 12.4. The molecule has 0 radical (unpaired) electrons. The normalized spacial score (nSPS) is 14.5. The summed E-state index contributed by atoms with van der Waals surface area (Å²) < 4.78 is 7.10. The topological polar surface area (TPSA) is 68.5 Å². The number of rotatable bonds is 3. The van der Waals surface area contributed by atoms with E-state index < -0.39 is 11.4 Å². The van der Waals surface area contributed by atoms with E-state index in [0.717, 1.165) is 18.4 Å². The molecule has 0 spiro atoms. The average molecular weight is 273 g/mol. The Bertz CT molecular complexity index is 772. The summed E-state index contributed by atoms with van der Waals surface area (Å²) in [6.07, 6.45) is 2.04. The van der Waals surface area contributed by atoms with Crippen LogP contribution in [-0.4, -0.2) is 22.8 Å². The van der Waals surface area contributed by atoms with Gasteiger partial charge in [-0.3, -0.25) is 4.79 Å². The van der Waals surface area contributed by atoms with Crippen molar-refractivity contribution in [3.63, 3.8) is 0 Å². The second-order valence-corrected chi connectivity index (χ2v) is 5.08. The first-order valence-electron chi connectivity index (χ1n) is 6.50. The molecule has 2 aromatic rings. The Morgan fingerprint density at radius 3 is 2.65 bits per heavy atom. The molecule has 0 saturated heterocycles. The fraction of sp³-hybridized carbons (Fsp3) is 0.333. The van der Waals surface area contributed by atoms with E-state index in [-0.39, 0.29) is 5.56 Å². The Hall–Kier alpha value is -2.30. The largest absolute Gasteiger partial charge is 0.497 e. The predicted molar refractivity (Wildman–Crippen MR) is 74.7 cm³/mol. The van der Waals surface area contributed by atoms with Gasteiger partial charge in [0.1, 0.15) is 11.3 Å². The Morgan fingerprint density at radius 2 is 2.10 bits per heavy atom. The molecule has 1 saturated carbocycles. The fourth-order valence-corrected chi connectivity index (χ4v) is 2.69. The number of carbonyl (C=O) groups is 1. The van der Waals surface area contributed by atoms with Gasteiger partial charge in [-0.15, -0.1) is 0 Å². The summed E-state index contributed by atoms with van der Waals surface area (Å²) in [6, 6.07) is 5.53. The zero-order valence-corrected chi connectivity index (χ0v) is 11.3. The molecule has 0 aliphatic heterocycles. The first-order valence-corrected chi connectivity index (χ1v) is 6.50. The molecule has 3 rings (SSSR count). The molecule has 0 atom stereocenters. The number of ether oxygens (including phenoxy) is 1. The summed E-state index contributed by atoms with van der Waals surface area (Å²) in [5, 5.41) is 9.72. The predicted octanol–water partition coefficient (Wildman–Crippen LogP) is 2.35. The maximum Gasteiger partial charge on any atom is 0.341 e. The third-order valence-corrected chi connectivity index (χ3v) is 3.78.